The zero-order chi connectivity index (χ0) is 14.3. The second-order valence-corrected chi connectivity index (χ2v) is 5.50. The Balaban J connectivity index is 2.79. The predicted molar refractivity (Wildman–Crippen MR) is 79.9 cm³/mol. The Morgan fingerprint density at radius 3 is 2.63 bits per heavy atom. The zero-order valence-corrected chi connectivity index (χ0v) is 12.5. The number of rotatable bonds is 7. The lowest BCUT2D eigenvalue weighted by molar-refractivity contribution is 0.317. The highest BCUT2D eigenvalue weighted by atomic mass is 16.5. The minimum atomic E-state index is 0.0709. The number of hydrogen-bond acceptors (Lipinski definition) is 3. The van der Waals surface area contributed by atoms with Gasteiger partial charge in [-0.1, -0.05) is 6.08 Å². The molecule has 1 rings (SSSR count). The van der Waals surface area contributed by atoms with Crippen molar-refractivity contribution in [2.24, 2.45) is 0 Å². The number of ether oxygens (including phenoxy) is 2. The Morgan fingerprint density at radius 2 is 2.05 bits per heavy atom. The largest absolute Gasteiger partial charge is 0.497 e. The fraction of sp³-hybridized carbons (Fsp3) is 0.500. The van der Waals surface area contributed by atoms with E-state index in [1.54, 1.807) is 7.11 Å². The van der Waals surface area contributed by atoms with Crippen molar-refractivity contribution in [3.05, 3.63) is 36.4 Å². The van der Waals surface area contributed by atoms with Crippen molar-refractivity contribution in [2.45, 2.75) is 39.3 Å². The van der Waals surface area contributed by atoms with Gasteiger partial charge in [-0.05, 0) is 45.4 Å². The van der Waals surface area contributed by atoms with Crippen LogP contribution < -0.4 is 14.8 Å². The summed E-state index contributed by atoms with van der Waals surface area (Å²) >= 11 is 0. The summed E-state index contributed by atoms with van der Waals surface area (Å²) in [5, 5.41) is 3.46. The fourth-order valence-corrected chi connectivity index (χ4v) is 1.57. The number of hydrogen-bond donors (Lipinski definition) is 1. The Kier molecular flexibility index (Phi) is 5.90. The molecule has 19 heavy (non-hydrogen) atoms. The molecule has 0 fully saturated rings. The molecule has 0 aliphatic rings. The summed E-state index contributed by atoms with van der Waals surface area (Å²) < 4.78 is 11.0. The average molecular weight is 263 g/mol. The van der Waals surface area contributed by atoms with Crippen LogP contribution in [0.1, 0.15) is 32.8 Å². The van der Waals surface area contributed by atoms with Gasteiger partial charge in [0.05, 0.1) is 13.7 Å². The molecule has 3 heteroatoms. The highest BCUT2D eigenvalue weighted by Gasteiger charge is 2.12. The van der Waals surface area contributed by atoms with Crippen molar-refractivity contribution >= 4 is 0 Å². The van der Waals surface area contributed by atoms with E-state index in [0.29, 0.717) is 6.61 Å². The van der Waals surface area contributed by atoms with Gasteiger partial charge in [0.1, 0.15) is 11.5 Å². The van der Waals surface area contributed by atoms with Crippen LogP contribution in [0.4, 0.5) is 0 Å². The molecule has 0 unspecified atom stereocenters. The monoisotopic (exact) mass is 263 g/mol. The lowest BCUT2D eigenvalue weighted by Crippen LogP contribution is -2.35. The van der Waals surface area contributed by atoms with Gasteiger partial charge >= 0.3 is 0 Å². The summed E-state index contributed by atoms with van der Waals surface area (Å²) in [6, 6.07) is 5.90. The summed E-state index contributed by atoms with van der Waals surface area (Å²) in [7, 11) is 1.68. The van der Waals surface area contributed by atoms with Crippen molar-refractivity contribution in [1.82, 2.24) is 5.32 Å². The van der Waals surface area contributed by atoms with Crippen LogP contribution in [0.15, 0.2) is 30.9 Å². The Bertz CT molecular complexity index is 408. The minimum Gasteiger partial charge on any atom is -0.497 e. The predicted octanol–water partition coefficient (Wildman–Crippen LogP) is 3.54. The normalized spacial score (nSPS) is 11.2. The summed E-state index contributed by atoms with van der Waals surface area (Å²) in [5.41, 5.74) is 1.18. The fourth-order valence-electron chi connectivity index (χ4n) is 1.57. The van der Waals surface area contributed by atoms with Crippen molar-refractivity contribution in [3.63, 3.8) is 0 Å². The van der Waals surface area contributed by atoms with Crippen LogP contribution in [-0.2, 0) is 6.54 Å². The van der Waals surface area contributed by atoms with Gasteiger partial charge in [-0.2, -0.15) is 0 Å². The van der Waals surface area contributed by atoms with Gasteiger partial charge in [0.15, 0.2) is 0 Å². The quantitative estimate of drug-likeness (QED) is 0.603. The van der Waals surface area contributed by atoms with Gasteiger partial charge in [-0.25, -0.2) is 0 Å². The second kappa shape index (κ2) is 7.19. The van der Waals surface area contributed by atoms with E-state index >= 15 is 0 Å². The molecule has 0 atom stereocenters. The van der Waals surface area contributed by atoms with E-state index in [-0.39, 0.29) is 5.54 Å². The molecule has 0 aliphatic carbocycles. The first kappa shape index (κ1) is 15.6. The lowest BCUT2D eigenvalue weighted by atomic mass is 10.1. The van der Waals surface area contributed by atoms with E-state index in [9.17, 15) is 0 Å². The summed E-state index contributed by atoms with van der Waals surface area (Å²) in [5.74, 6) is 1.75. The summed E-state index contributed by atoms with van der Waals surface area (Å²) in [6.45, 7) is 11.5. The van der Waals surface area contributed by atoms with Gasteiger partial charge in [0.2, 0.25) is 0 Å². The highest BCUT2D eigenvalue weighted by Crippen LogP contribution is 2.25. The van der Waals surface area contributed by atoms with Crippen LogP contribution in [0.3, 0.4) is 0 Å². The molecule has 0 aliphatic heterocycles. The SMILES string of the molecule is C=CCCOc1ccc(OC)cc1CNC(C)(C)C. The molecule has 3 nitrogen and oxygen atoms in total. The van der Waals surface area contributed by atoms with Crippen LogP contribution in [0.5, 0.6) is 11.5 Å². The minimum absolute atomic E-state index is 0.0709. The van der Waals surface area contributed by atoms with Crippen LogP contribution in [0.2, 0.25) is 0 Å². The molecule has 1 aromatic rings. The molecule has 0 amide bonds. The van der Waals surface area contributed by atoms with Crippen LogP contribution in [0.25, 0.3) is 0 Å². The average Bonchev–Trinajstić information content (AvgIpc) is 2.36. The third-order valence-corrected chi connectivity index (χ3v) is 2.66. The van der Waals surface area contributed by atoms with E-state index in [0.717, 1.165) is 30.0 Å². The van der Waals surface area contributed by atoms with Gasteiger partial charge in [0.25, 0.3) is 0 Å². The number of nitrogens with one attached hydrogen (secondary N) is 1. The third-order valence-electron chi connectivity index (χ3n) is 2.66. The van der Waals surface area contributed by atoms with E-state index in [1.807, 2.05) is 24.3 Å². The number of benzene rings is 1. The standard InChI is InChI=1S/C16H25NO2/c1-6-7-10-19-15-9-8-14(18-5)11-13(15)12-17-16(2,3)4/h6,8-9,11,17H,1,7,10,12H2,2-5H3. The molecule has 0 bridgehead atoms. The van der Waals surface area contributed by atoms with Crippen molar-refractivity contribution in [3.8, 4) is 11.5 Å². The zero-order valence-electron chi connectivity index (χ0n) is 12.5. The first-order valence-corrected chi connectivity index (χ1v) is 6.62. The highest BCUT2D eigenvalue weighted by molar-refractivity contribution is 5.40. The van der Waals surface area contributed by atoms with Crippen LogP contribution in [-0.4, -0.2) is 19.3 Å². The molecule has 0 radical (unpaired) electrons. The molecule has 0 saturated carbocycles. The molecule has 106 valence electrons. The Labute approximate surface area is 116 Å². The van der Waals surface area contributed by atoms with E-state index in [1.165, 1.54) is 0 Å². The molecule has 1 aromatic carbocycles. The summed E-state index contributed by atoms with van der Waals surface area (Å²) in [6.07, 6.45) is 2.70. The van der Waals surface area contributed by atoms with Gasteiger partial charge in [0, 0.05) is 17.6 Å². The van der Waals surface area contributed by atoms with E-state index in [2.05, 4.69) is 32.7 Å². The van der Waals surface area contributed by atoms with Crippen molar-refractivity contribution in [2.75, 3.05) is 13.7 Å². The van der Waals surface area contributed by atoms with Gasteiger partial charge < -0.3 is 14.8 Å². The topological polar surface area (TPSA) is 30.5 Å². The van der Waals surface area contributed by atoms with Gasteiger partial charge in [-0.15, -0.1) is 6.58 Å². The molecular weight excluding hydrogens is 238 g/mol. The van der Waals surface area contributed by atoms with Crippen molar-refractivity contribution < 1.29 is 9.47 Å². The van der Waals surface area contributed by atoms with E-state index < -0.39 is 0 Å². The van der Waals surface area contributed by atoms with Crippen LogP contribution in [0, 0.1) is 0 Å². The molecule has 1 N–H and O–H groups in total. The Hall–Kier alpha value is -1.48. The number of methoxy groups -OCH3 is 1. The van der Waals surface area contributed by atoms with Crippen molar-refractivity contribution in [1.29, 1.82) is 0 Å². The third kappa shape index (κ3) is 5.79. The molecular formula is C16H25NO2. The molecule has 0 aromatic heterocycles. The summed E-state index contributed by atoms with van der Waals surface area (Å²) in [4.78, 5) is 0. The molecule has 0 saturated heterocycles. The van der Waals surface area contributed by atoms with Gasteiger partial charge in [-0.3, -0.25) is 0 Å². The van der Waals surface area contributed by atoms with E-state index in [4.69, 9.17) is 9.47 Å². The maximum atomic E-state index is 5.78. The Morgan fingerprint density at radius 1 is 1.32 bits per heavy atom. The van der Waals surface area contributed by atoms with Crippen LogP contribution >= 0.6 is 0 Å². The first-order chi connectivity index (χ1) is 8.96. The maximum absolute atomic E-state index is 5.78. The second-order valence-electron chi connectivity index (χ2n) is 5.50. The first-order valence-electron chi connectivity index (χ1n) is 6.62. The maximum Gasteiger partial charge on any atom is 0.124 e. The molecule has 0 spiro atoms. The lowest BCUT2D eigenvalue weighted by Gasteiger charge is -2.22. The smallest absolute Gasteiger partial charge is 0.124 e. The molecule has 0 heterocycles.